The van der Waals surface area contributed by atoms with E-state index >= 15 is 0 Å². The lowest BCUT2D eigenvalue weighted by Crippen LogP contribution is -2.54. The van der Waals surface area contributed by atoms with Crippen LogP contribution in [0.25, 0.3) is 75.2 Å². The van der Waals surface area contributed by atoms with Crippen molar-refractivity contribution in [3.8, 4) is 11.1 Å². The fourth-order valence-electron chi connectivity index (χ4n) is 8.07. The van der Waals surface area contributed by atoms with Gasteiger partial charge in [0.2, 0.25) is 0 Å². The van der Waals surface area contributed by atoms with Crippen LogP contribution >= 0.6 is 11.3 Å². The van der Waals surface area contributed by atoms with E-state index in [1.54, 1.807) is 0 Å². The van der Waals surface area contributed by atoms with Gasteiger partial charge >= 0.3 is 0 Å². The van der Waals surface area contributed by atoms with E-state index in [0.717, 1.165) is 60.6 Å². The quantitative estimate of drug-likeness (QED) is 0.173. The molecule has 10 aromatic rings. The zero-order valence-electron chi connectivity index (χ0n) is 27.4. The molecule has 11 rings (SSSR count). The average Bonchev–Trinajstić information content (AvgIpc) is 3.89. The van der Waals surface area contributed by atoms with E-state index in [4.69, 9.17) is 8.83 Å². The topological polar surface area (TPSA) is 62.4 Å². The fraction of sp³-hybridized carbons (Fsp3) is 0.0667. The molecule has 6 heteroatoms. The smallest absolute Gasteiger partial charge is 0.141 e. The summed E-state index contributed by atoms with van der Waals surface area (Å²) in [7, 11) is 0. The minimum absolute atomic E-state index is 0.0939. The summed E-state index contributed by atoms with van der Waals surface area (Å²) < 4.78 is 15.7. The van der Waals surface area contributed by atoms with Gasteiger partial charge in [-0.15, -0.1) is 11.3 Å². The molecule has 7 aromatic carbocycles. The largest absolute Gasteiger partial charge is 0.456 e. The molecule has 0 aliphatic carbocycles. The predicted molar refractivity (Wildman–Crippen MR) is 210 cm³/mol. The standard InChI is InChI=1S/C45H31N3O2S/c1-2-11-26(12-3-1)43-46-44(48-45(47-43)35-19-9-17-32-30-13-5-7-22-39(30)51-42(32)35)34-18-8-16-31-29-24-23-27(25-38(29)50-41(31)34)28-15-10-21-37-40(28)33-14-4-6-20-36(33)49-37/h1-25,43-48H. The Balaban J connectivity index is 1.04. The zero-order valence-corrected chi connectivity index (χ0v) is 28.2. The van der Waals surface area contributed by atoms with Crippen molar-refractivity contribution in [2.24, 2.45) is 0 Å². The van der Waals surface area contributed by atoms with E-state index < -0.39 is 0 Å². The number of fused-ring (bicyclic) bond motifs is 9. The van der Waals surface area contributed by atoms with Crippen LogP contribution in [0.4, 0.5) is 0 Å². The first-order chi connectivity index (χ1) is 25.3. The summed E-state index contributed by atoms with van der Waals surface area (Å²) in [6, 6.07) is 53.6. The first-order valence-corrected chi connectivity index (χ1v) is 18.2. The number of nitrogens with one attached hydrogen (secondary N) is 3. The summed E-state index contributed by atoms with van der Waals surface area (Å²) in [5.74, 6) is 0. The summed E-state index contributed by atoms with van der Waals surface area (Å²) in [4.78, 5) is 0. The Bertz CT molecular complexity index is 2940. The van der Waals surface area contributed by atoms with Crippen molar-refractivity contribution in [2.75, 3.05) is 0 Å². The van der Waals surface area contributed by atoms with Gasteiger partial charge in [-0.3, -0.25) is 16.0 Å². The molecule has 3 unspecified atom stereocenters. The Kier molecular flexibility index (Phi) is 6.48. The molecular weight excluding hydrogens is 647 g/mol. The molecule has 1 aliphatic rings. The highest BCUT2D eigenvalue weighted by molar-refractivity contribution is 7.26. The highest BCUT2D eigenvalue weighted by atomic mass is 32.1. The molecule has 1 fully saturated rings. The number of thiophene rings is 1. The molecule has 3 N–H and O–H groups in total. The number of hydrogen-bond donors (Lipinski definition) is 3. The van der Waals surface area contributed by atoms with Crippen molar-refractivity contribution in [3.05, 3.63) is 168 Å². The molecule has 0 saturated carbocycles. The first kappa shape index (κ1) is 29.0. The number of rotatable bonds is 4. The SMILES string of the molecule is c1ccc(C2NC(c3cccc4c3oc3cc(-c5cccc6oc7ccccc7c56)ccc34)NC(c3cccc4c3sc3ccccc34)N2)cc1. The maximum Gasteiger partial charge on any atom is 0.141 e. The van der Waals surface area contributed by atoms with Crippen molar-refractivity contribution < 1.29 is 8.83 Å². The van der Waals surface area contributed by atoms with Crippen molar-refractivity contribution in [1.29, 1.82) is 0 Å². The maximum absolute atomic E-state index is 6.85. The Morgan fingerprint density at radius 3 is 2.04 bits per heavy atom. The third-order valence-electron chi connectivity index (χ3n) is 10.4. The molecule has 0 bridgehead atoms. The van der Waals surface area contributed by atoms with E-state index in [1.165, 1.54) is 31.3 Å². The lowest BCUT2D eigenvalue weighted by Gasteiger charge is -2.39. The lowest BCUT2D eigenvalue weighted by atomic mass is 9.98. The van der Waals surface area contributed by atoms with Crippen LogP contribution in [0.5, 0.6) is 0 Å². The van der Waals surface area contributed by atoms with Gasteiger partial charge in [0.15, 0.2) is 0 Å². The van der Waals surface area contributed by atoms with E-state index in [-0.39, 0.29) is 18.5 Å². The molecule has 1 aliphatic heterocycles. The van der Waals surface area contributed by atoms with Crippen LogP contribution < -0.4 is 16.0 Å². The van der Waals surface area contributed by atoms with Gasteiger partial charge in [-0.1, -0.05) is 121 Å². The third kappa shape index (κ3) is 4.58. The van der Waals surface area contributed by atoms with Gasteiger partial charge in [-0.05, 0) is 47.0 Å². The second-order valence-electron chi connectivity index (χ2n) is 13.3. The van der Waals surface area contributed by atoms with Gasteiger partial charge in [0.25, 0.3) is 0 Å². The summed E-state index contributed by atoms with van der Waals surface area (Å²) in [5, 5.41) is 18.7. The van der Waals surface area contributed by atoms with Crippen LogP contribution in [-0.2, 0) is 0 Å². The second kappa shape index (κ2) is 11.4. The Hall–Kier alpha value is -5.76. The lowest BCUT2D eigenvalue weighted by molar-refractivity contribution is 0.204. The van der Waals surface area contributed by atoms with Gasteiger partial charge in [0.05, 0.1) is 18.5 Å². The summed E-state index contributed by atoms with van der Waals surface area (Å²) in [6.07, 6.45) is -0.404. The van der Waals surface area contributed by atoms with Crippen LogP contribution in [0.2, 0.25) is 0 Å². The van der Waals surface area contributed by atoms with Crippen LogP contribution in [0.3, 0.4) is 0 Å². The molecule has 0 amide bonds. The van der Waals surface area contributed by atoms with Gasteiger partial charge in [-0.2, -0.15) is 0 Å². The normalized spacial score (nSPS) is 18.2. The second-order valence-corrected chi connectivity index (χ2v) is 14.4. The fourth-order valence-corrected chi connectivity index (χ4v) is 9.31. The molecule has 5 nitrogen and oxygen atoms in total. The number of hydrogen-bond acceptors (Lipinski definition) is 6. The number of para-hydroxylation sites is 2. The van der Waals surface area contributed by atoms with Crippen LogP contribution in [0.1, 0.15) is 35.2 Å². The van der Waals surface area contributed by atoms with Gasteiger partial charge in [-0.25, -0.2) is 0 Å². The molecule has 244 valence electrons. The van der Waals surface area contributed by atoms with Crippen molar-refractivity contribution >= 4 is 75.4 Å². The number of furan rings is 2. The van der Waals surface area contributed by atoms with Crippen molar-refractivity contribution in [3.63, 3.8) is 0 Å². The molecule has 3 atom stereocenters. The Morgan fingerprint density at radius 1 is 0.451 bits per heavy atom. The monoisotopic (exact) mass is 677 g/mol. The zero-order chi connectivity index (χ0) is 33.5. The van der Waals surface area contributed by atoms with Crippen LogP contribution in [-0.4, -0.2) is 0 Å². The van der Waals surface area contributed by atoms with E-state index in [1.807, 2.05) is 29.5 Å². The molecule has 1 saturated heterocycles. The highest BCUT2D eigenvalue weighted by Gasteiger charge is 2.32. The van der Waals surface area contributed by atoms with E-state index in [0.29, 0.717) is 0 Å². The van der Waals surface area contributed by atoms with Crippen LogP contribution in [0, 0.1) is 0 Å². The Morgan fingerprint density at radius 2 is 1.14 bits per heavy atom. The van der Waals surface area contributed by atoms with Gasteiger partial charge in [0.1, 0.15) is 22.3 Å². The van der Waals surface area contributed by atoms with E-state index in [9.17, 15) is 0 Å². The van der Waals surface area contributed by atoms with Crippen molar-refractivity contribution in [2.45, 2.75) is 18.5 Å². The maximum atomic E-state index is 6.85. The summed E-state index contributed by atoms with van der Waals surface area (Å²) in [5.41, 5.74) is 9.25. The van der Waals surface area contributed by atoms with Crippen LogP contribution in [0.15, 0.2) is 160 Å². The van der Waals surface area contributed by atoms with Gasteiger partial charge < -0.3 is 8.83 Å². The first-order valence-electron chi connectivity index (χ1n) is 17.4. The molecule has 3 aromatic heterocycles. The molecule has 51 heavy (non-hydrogen) atoms. The van der Waals surface area contributed by atoms with E-state index in [2.05, 4.69) is 149 Å². The minimum atomic E-state index is -0.194. The minimum Gasteiger partial charge on any atom is -0.456 e. The molecular formula is C45H31N3O2S. The molecule has 0 radical (unpaired) electrons. The summed E-state index contributed by atoms with van der Waals surface area (Å²) in [6.45, 7) is 0. The Labute approximate surface area is 297 Å². The predicted octanol–water partition coefficient (Wildman–Crippen LogP) is 11.7. The summed E-state index contributed by atoms with van der Waals surface area (Å²) >= 11 is 1.86. The molecule has 4 heterocycles. The highest BCUT2D eigenvalue weighted by Crippen LogP contribution is 2.42. The van der Waals surface area contributed by atoms with Crippen molar-refractivity contribution in [1.82, 2.24) is 16.0 Å². The average molecular weight is 678 g/mol. The van der Waals surface area contributed by atoms with Gasteiger partial charge in [0, 0.05) is 52.8 Å². The molecule has 0 spiro atoms. The third-order valence-corrected chi connectivity index (χ3v) is 11.7. The number of benzene rings is 7.